The number of likely N-dealkylation sites (tertiary alicyclic amines) is 1. The number of carbonyl (C=O) groups is 1. The molecular formula is C13H20ClN3O3S. The Kier molecular flexibility index (Phi) is 4.35. The zero-order valence-corrected chi connectivity index (χ0v) is 14.2. The number of aromatic nitrogens is 2. The smallest absolute Gasteiger partial charge is 0.232 e. The van der Waals surface area contributed by atoms with Gasteiger partial charge in [0.25, 0.3) is 0 Å². The van der Waals surface area contributed by atoms with Gasteiger partial charge >= 0.3 is 0 Å². The standard InChI is InChI=1S/C13H20ClN3O3S/c1-8-13(9(2)16(4)15-8)10(3)17-6-11(5-12(17)18)7-21(14,19)20/h10-11H,5-7H2,1-4H3. The van der Waals surface area contributed by atoms with Gasteiger partial charge in [-0.15, -0.1) is 0 Å². The molecule has 118 valence electrons. The minimum atomic E-state index is -3.58. The number of hydrogen-bond acceptors (Lipinski definition) is 4. The van der Waals surface area contributed by atoms with Crippen molar-refractivity contribution in [1.29, 1.82) is 0 Å². The van der Waals surface area contributed by atoms with Crippen LogP contribution in [0.2, 0.25) is 0 Å². The van der Waals surface area contributed by atoms with Crippen LogP contribution in [0.3, 0.4) is 0 Å². The molecule has 1 aromatic heterocycles. The fourth-order valence-corrected chi connectivity index (χ4v) is 4.45. The molecular weight excluding hydrogens is 314 g/mol. The second-order valence-electron chi connectivity index (χ2n) is 5.71. The molecule has 0 saturated carbocycles. The van der Waals surface area contributed by atoms with Gasteiger partial charge in [-0.05, 0) is 20.8 Å². The minimum Gasteiger partial charge on any atom is -0.335 e. The molecule has 2 unspecified atom stereocenters. The summed E-state index contributed by atoms with van der Waals surface area (Å²) in [7, 11) is 3.58. The first-order valence-corrected chi connectivity index (χ1v) is 9.30. The Morgan fingerprint density at radius 2 is 2.05 bits per heavy atom. The van der Waals surface area contributed by atoms with Gasteiger partial charge in [0.1, 0.15) is 0 Å². The van der Waals surface area contributed by atoms with Crippen LogP contribution in [-0.4, -0.2) is 41.3 Å². The molecule has 21 heavy (non-hydrogen) atoms. The molecule has 1 aromatic rings. The second-order valence-corrected chi connectivity index (χ2v) is 8.53. The first-order chi connectivity index (χ1) is 9.60. The van der Waals surface area contributed by atoms with E-state index in [1.807, 2.05) is 27.8 Å². The van der Waals surface area contributed by atoms with Crippen molar-refractivity contribution in [3.8, 4) is 0 Å². The zero-order valence-electron chi connectivity index (χ0n) is 12.6. The van der Waals surface area contributed by atoms with Gasteiger partial charge in [0.2, 0.25) is 15.0 Å². The third kappa shape index (κ3) is 3.40. The quantitative estimate of drug-likeness (QED) is 0.783. The van der Waals surface area contributed by atoms with Gasteiger partial charge in [0, 0.05) is 47.9 Å². The molecule has 1 aliphatic rings. The predicted octanol–water partition coefficient (Wildman–Crippen LogP) is 1.52. The van der Waals surface area contributed by atoms with Crippen LogP contribution in [-0.2, 0) is 20.9 Å². The van der Waals surface area contributed by atoms with Crippen molar-refractivity contribution < 1.29 is 13.2 Å². The predicted molar refractivity (Wildman–Crippen MR) is 80.6 cm³/mol. The van der Waals surface area contributed by atoms with E-state index in [-0.39, 0.29) is 30.0 Å². The fraction of sp³-hybridized carbons (Fsp3) is 0.692. The molecule has 8 heteroatoms. The van der Waals surface area contributed by atoms with E-state index in [2.05, 4.69) is 5.10 Å². The average Bonchev–Trinajstić information content (AvgIpc) is 2.78. The van der Waals surface area contributed by atoms with Gasteiger partial charge < -0.3 is 4.90 Å². The van der Waals surface area contributed by atoms with Gasteiger partial charge in [-0.1, -0.05) is 0 Å². The van der Waals surface area contributed by atoms with Gasteiger partial charge in [-0.25, -0.2) is 8.42 Å². The Morgan fingerprint density at radius 1 is 1.43 bits per heavy atom. The maximum Gasteiger partial charge on any atom is 0.232 e. The third-order valence-electron chi connectivity index (χ3n) is 4.12. The van der Waals surface area contributed by atoms with Crippen molar-refractivity contribution in [3.05, 3.63) is 17.0 Å². The summed E-state index contributed by atoms with van der Waals surface area (Å²) in [5, 5.41) is 4.37. The molecule has 0 aromatic carbocycles. The highest BCUT2D eigenvalue weighted by Gasteiger charge is 2.36. The molecule has 0 aliphatic carbocycles. The first kappa shape index (κ1) is 16.3. The van der Waals surface area contributed by atoms with E-state index >= 15 is 0 Å². The molecule has 1 aliphatic heterocycles. The molecule has 1 fully saturated rings. The lowest BCUT2D eigenvalue weighted by atomic mass is 10.1. The van der Waals surface area contributed by atoms with Crippen LogP contribution in [0.1, 0.15) is 36.3 Å². The maximum absolute atomic E-state index is 12.2. The van der Waals surface area contributed by atoms with Crippen molar-refractivity contribution in [2.24, 2.45) is 13.0 Å². The lowest BCUT2D eigenvalue weighted by molar-refractivity contribution is -0.129. The van der Waals surface area contributed by atoms with Crippen LogP contribution >= 0.6 is 10.7 Å². The van der Waals surface area contributed by atoms with Crippen LogP contribution in [0.15, 0.2) is 0 Å². The van der Waals surface area contributed by atoms with E-state index in [4.69, 9.17) is 10.7 Å². The summed E-state index contributed by atoms with van der Waals surface area (Å²) in [6.45, 7) is 6.25. The Balaban J connectivity index is 2.20. The lowest BCUT2D eigenvalue weighted by Crippen LogP contribution is -2.29. The summed E-state index contributed by atoms with van der Waals surface area (Å²) in [4.78, 5) is 13.9. The van der Waals surface area contributed by atoms with Crippen molar-refractivity contribution in [3.63, 3.8) is 0 Å². The number of aryl methyl sites for hydroxylation is 2. The Morgan fingerprint density at radius 3 is 2.52 bits per heavy atom. The highest BCUT2D eigenvalue weighted by atomic mass is 35.7. The number of nitrogens with zero attached hydrogens (tertiary/aromatic N) is 3. The van der Waals surface area contributed by atoms with E-state index in [1.54, 1.807) is 9.58 Å². The molecule has 1 saturated heterocycles. The van der Waals surface area contributed by atoms with Gasteiger partial charge in [-0.3, -0.25) is 9.48 Å². The summed E-state index contributed by atoms with van der Waals surface area (Å²) >= 11 is 0. The molecule has 2 heterocycles. The Hall–Kier alpha value is -1.08. The molecule has 2 atom stereocenters. The Labute approximate surface area is 129 Å². The number of carbonyl (C=O) groups excluding carboxylic acids is 1. The highest BCUT2D eigenvalue weighted by molar-refractivity contribution is 8.13. The van der Waals surface area contributed by atoms with E-state index in [0.717, 1.165) is 17.0 Å². The summed E-state index contributed by atoms with van der Waals surface area (Å²) < 4.78 is 24.1. The van der Waals surface area contributed by atoms with Crippen LogP contribution < -0.4 is 0 Å². The van der Waals surface area contributed by atoms with Crippen LogP contribution in [0.5, 0.6) is 0 Å². The van der Waals surface area contributed by atoms with E-state index in [0.29, 0.717) is 6.54 Å². The van der Waals surface area contributed by atoms with E-state index < -0.39 is 9.05 Å². The van der Waals surface area contributed by atoms with E-state index in [1.165, 1.54) is 0 Å². The molecule has 2 rings (SSSR count). The summed E-state index contributed by atoms with van der Waals surface area (Å²) in [6, 6.07) is -0.116. The van der Waals surface area contributed by atoms with Gasteiger partial charge in [0.05, 0.1) is 17.5 Å². The molecule has 0 bridgehead atoms. The van der Waals surface area contributed by atoms with Crippen LogP contribution in [0.4, 0.5) is 0 Å². The summed E-state index contributed by atoms with van der Waals surface area (Å²) in [6.07, 6.45) is 0.231. The molecule has 1 amide bonds. The Bertz CT molecular complexity index is 668. The highest BCUT2D eigenvalue weighted by Crippen LogP contribution is 2.32. The number of rotatable bonds is 4. The largest absolute Gasteiger partial charge is 0.335 e. The summed E-state index contributed by atoms with van der Waals surface area (Å²) in [5.41, 5.74) is 2.94. The van der Waals surface area contributed by atoms with Crippen LogP contribution in [0.25, 0.3) is 0 Å². The SMILES string of the molecule is Cc1nn(C)c(C)c1C(C)N1CC(CS(=O)(=O)Cl)CC1=O. The third-order valence-corrected chi connectivity index (χ3v) is 5.37. The lowest BCUT2D eigenvalue weighted by Gasteiger charge is -2.25. The van der Waals surface area contributed by atoms with Crippen LogP contribution in [0, 0.1) is 19.8 Å². The monoisotopic (exact) mass is 333 g/mol. The zero-order chi connectivity index (χ0) is 15.9. The molecule has 0 radical (unpaired) electrons. The molecule has 0 spiro atoms. The van der Waals surface area contributed by atoms with Crippen molar-refractivity contribution in [2.45, 2.75) is 33.2 Å². The van der Waals surface area contributed by atoms with Crippen molar-refractivity contribution in [1.82, 2.24) is 14.7 Å². The molecule has 0 N–H and O–H groups in total. The average molecular weight is 334 g/mol. The molecule has 6 nitrogen and oxygen atoms in total. The topological polar surface area (TPSA) is 72.3 Å². The second kappa shape index (κ2) is 5.61. The van der Waals surface area contributed by atoms with Crippen molar-refractivity contribution in [2.75, 3.05) is 12.3 Å². The fourth-order valence-electron chi connectivity index (χ4n) is 3.13. The number of halogens is 1. The van der Waals surface area contributed by atoms with Gasteiger partial charge in [-0.2, -0.15) is 5.10 Å². The maximum atomic E-state index is 12.2. The van der Waals surface area contributed by atoms with Gasteiger partial charge in [0.15, 0.2) is 0 Å². The summed E-state index contributed by atoms with van der Waals surface area (Å²) in [5.74, 6) is -0.427. The van der Waals surface area contributed by atoms with Crippen molar-refractivity contribution >= 4 is 25.6 Å². The van der Waals surface area contributed by atoms with E-state index in [9.17, 15) is 13.2 Å². The normalized spacial score (nSPS) is 21.1. The first-order valence-electron chi connectivity index (χ1n) is 6.82. The minimum absolute atomic E-state index is 0.0320. The number of hydrogen-bond donors (Lipinski definition) is 0. The number of amides is 1.